The number of hydrogen-bond acceptors (Lipinski definition) is 9. The van der Waals surface area contributed by atoms with Crippen LogP contribution in [-0.4, -0.2) is 39.8 Å². The molecular formula is C32H58N2O4S3. The van der Waals surface area contributed by atoms with Gasteiger partial charge >= 0.3 is 11.9 Å². The van der Waals surface area contributed by atoms with E-state index >= 15 is 0 Å². The Morgan fingerprint density at radius 3 is 1.51 bits per heavy atom. The third-order valence-electron chi connectivity index (χ3n) is 7.26. The van der Waals surface area contributed by atoms with Gasteiger partial charge in [0.2, 0.25) is 0 Å². The number of esters is 2. The normalized spacial score (nSPS) is 12.0. The average Bonchev–Trinajstić information content (AvgIpc) is 3.38. The lowest BCUT2D eigenvalue weighted by molar-refractivity contribution is -0.149. The number of unbranched alkanes of at least 4 members (excludes halogenated alkanes) is 20. The zero-order chi connectivity index (χ0) is 29.8. The van der Waals surface area contributed by atoms with Gasteiger partial charge in [0.15, 0.2) is 9.50 Å². The lowest BCUT2D eigenvalue weighted by Crippen LogP contribution is -2.25. The summed E-state index contributed by atoms with van der Waals surface area (Å²) in [5.74, 6) is -0.749. The van der Waals surface area contributed by atoms with E-state index in [2.05, 4.69) is 35.8 Å². The van der Waals surface area contributed by atoms with Crippen LogP contribution in [0.15, 0.2) is 9.50 Å². The van der Waals surface area contributed by atoms with Gasteiger partial charge in [0, 0.05) is 0 Å². The van der Waals surface area contributed by atoms with E-state index in [0.717, 1.165) is 25.7 Å². The predicted octanol–water partition coefficient (Wildman–Crippen LogP) is 10.4. The van der Waals surface area contributed by atoms with Gasteiger partial charge in [-0.15, -0.1) is 12.6 Å². The number of thioether (sulfide) groups is 1. The van der Waals surface area contributed by atoms with Crippen molar-refractivity contribution >= 4 is 47.9 Å². The Hall–Kier alpha value is -0.800. The second-order valence-electron chi connectivity index (χ2n) is 11.1. The Morgan fingerprint density at radius 1 is 0.683 bits per heavy atom. The number of hydrogen-bond donors (Lipinski definition) is 1. The maximum atomic E-state index is 12.8. The fourth-order valence-corrected chi connectivity index (χ4v) is 6.82. The lowest BCUT2D eigenvalue weighted by atomic mass is 10.1. The van der Waals surface area contributed by atoms with E-state index in [4.69, 9.17) is 9.47 Å². The summed E-state index contributed by atoms with van der Waals surface area (Å²) in [6.45, 7) is 5.29. The van der Waals surface area contributed by atoms with Crippen LogP contribution in [0.5, 0.6) is 0 Å². The average molecular weight is 631 g/mol. The van der Waals surface area contributed by atoms with E-state index in [1.165, 1.54) is 139 Å². The van der Waals surface area contributed by atoms with Crippen molar-refractivity contribution in [1.82, 2.24) is 9.36 Å². The van der Waals surface area contributed by atoms with Crippen LogP contribution in [-0.2, 0) is 19.1 Å². The standard InChI is InChI=1S/C32H58N2O4S3/c1-3-5-7-9-11-13-15-17-19-21-23-25-37-29(35)27-28(40-32-33-31(39)34-41-32)30(36)38-26-24-22-20-18-16-14-12-10-8-6-4-2/h28H,3-27H2,1-2H3,(H,34,39). The lowest BCUT2D eigenvalue weighted by Gasteiger charge is -2.14. The maximum absolute atomic E-state index is 12.8. The van der Waals surface area contributed by atoms with Gasteiger partial charge in [-0.25, -0.2) is 4.98 Å². The molecular weight excluding hydrogens is 573 g/mol. The zero-order valence-electron chi connectivity index (χ0n) is 26.0. The number of rotatable bonds is 29. The molecule has 0 radical (unpaired) electrons. The van der Waals surface area contributed by atoms with Crippen molar-refractivity contribution < 1.29 is 19.1 Å². The molecule has 0 aromatic carbocycles. The van der Waals surface area contributed by atoms with Crippen molar-refractivity contribution in [2.45, 2.75) is 176 Å². The number of ether oxygens (including phenoxy) is 2. The number of thiol groups is 1. The van der Waals surface area contributed by atoms with E-state index in [1.807, 2.05) is 0 Å². The van der Waals surface area contributed by atoms with Crippen LogP contribution < -0.4 is 0 Å². The first-order valence-electron chi connectivity index (χ1n) is 16.6. The van der Waals surface area contributed by atoms with E-state index in [9.17, 15) is 9.59 Å². The predicted molar refractivity (Wildman–Crippen MR) is 176 cm³/mol. The van der Waals surface area contributed by atoms with Crippen LogP contribution in [0.2, 0.25) is 0 Å². The van der Waals surface area contributed by atoms with Crippen molar-refractivity contribution in [2.24, 2.45) is 0 Å². The SMILES string of the molecule is CCCCCCCCCCCCCOC(=O)CC(Sc1nc(S)ns1)C(=O)OCCCCCCCCCCCCC. The highest BCUT2D eigenvalue weighted by Crippen LogP contribution is 2.29. The van der Waals surface area contributed by atoms with Gasteiger partial charge in [-0.2, -0.15) is 4.37 Å². The molecule has 0 spiro atoms. The van der Waals surface area contributed by atoms with Gasteiger partial charge < -0.3 is 9.47 Å². The summed E-state index contributed by atoms with van der Waals surface area (Å²) in [5.41, 5.74) is 0. The van der Waals surface area contributed by atoms with E-state index in [1.54, 1.807) is 0 Å². The highest BCUT2D eigenvalue weighted by atomic mass is 32.2. The third-order valence-corrected chi connectivity index (χ3v) is 9.55. The molecule has 0 bridgehead atoms. The highest BCUT2D eigenvalue weighted by molar-refractivity contribution is 8.02. The van der Waals surface area contributed by atoms with Crippen LogP contribution in [0.4, 0.5) is 0 Å². The van der Waals surface area contributed by atoms with E-state index in [0.29, 0.717) is 22.7 Å². The molecule has 6 nitrogen and oxygen atoms in total. The molecule has 1 unspecified atom stereocenters. The molecule has 9 heteroatoms. The molecule has 0 aliphatic rings. The van der Waals surface area contributed by atoms with E-state index < -0.39 is 5.25 Å². The number of carbonyl (C=O) groups excluding carboxylic acids is 2. The van der Waals surface area contributed by atoms with E-state index in [-0.39, 0.29) is 18.4 Å². The molecule has 1 rings (SSSR count). The summed E-state index contributed by atoms with van der Waals surface area (Å²) in [6.07, 6.45) is 27.4. The van der Waals surface area contributed by atoms with Gasteiger partial charge in [0.1, 0.15) is 5.25 Å². The van der Waals surface area contributed by atoms with Crippen LogP contribution in [0, 0.1) is 0 Å². The minimum atomic E-state index is -0.687. The Balaban J connectivity index is 2.20. The Labute approximate surface area is 264 Å². The number of carbonyl (C=O) groups is 2. The molecule has 0 amide bonds. The Kier molecular flexibility index (Phi) is 26.1. The quantitative estimate of drug-likeness (QED) is 0.0408. The molecule has 0 saturated carbocycles. The maximum Gasteiger partial charge on any atom is 0.320 e. The minimum Gasteiger partial charge on any atom is -0.466 e. The molecule has 0 N–H and O–H groups in total. The van der Waals surface area contributed by atoms with Crippen molar-refractivity contribution in [2.75, 3.05) is 13.2 Å². The van der Waals surface area contributed by atoms with Crippen molar-refractivity contribution in [3.8, 4) is 0 Å². The van der Waals surface area contributed by atoms with Crippen LogP contribution in [0.25, 0.3) is 0 Å². The number of nitrogens with zero attached hydrogens (tertiary/aromatic N) is 2. The van der Waals surface area contributed by atoms with Crippen molar-refractivity contribution in [3.63, 3.8) is 0 Å². The third kappa shape index (κ3) is 23.3. The first kappa shape index (κ1) is 38.2. The van der Waals surface area contributed by atoms with Crippen molar-refractivity contribution in [3.05, 3.63) is 0 Å². The second kappa shape index (κ2) is 28.0. The highest BCUT2D eigenvalue weighted by Gasteiger charge is 2.27. The summed E-state index contributed by atoms with van der Waals surface area (Å²) >= 11 is 6.54. The molecule has 238 valence electrons. The molecule has 1 atom stereocenters. The van der Waals surface area contributed by atoms with Gasteiger partial charge in [-0.05, 0) is 24.4 Å². The summed E-state index contributed by atoms with van der Waals surface area (Å²) in [7, 11) is 0. The molecule has 0 aliphatic heterocycles. The number of aromatic nitrogens is 2. The first-order valence-corrected chi connectivity index (χ1v) is 18.7. The topological polar surface area (TPSA) is 78.4 Å². The van der Waals surface area contributed by atoms with Crippen molar-refractivity contribution in [1.29, 1.82) is 0 Å². The van der Waals surface area contributed by atoms with Crippen LogP contribution in [0.1, 0.15) is 162 Å². The van der Waals surface area contributed by atoms with Gasteiger partial charge in [-0.1, -0.05) is 154 Å². The fraction of sp³-hybridized carbons (Fsp3) is 0.875. The second-order valence-corrected chi connectivity index (χ2v) is 13.7. The smallest absolute Gasteiger partial charge is 0.320 e. The molecule has 41 heavy (non-hydrogen) atoms. The van der Waals surface area contributed by atoms with Gasteiger partial charge in [0.25, 0.3) is 0 Å². The van der Waals surface area contributed by atoms with Crippen LogP contribution >= 0.6 is 35.9 Å². The Bertz CT molecular complexity index is 763. The summed E-state index contributed by atoms with van der Waals surface area (Å²) < 4.78 is 15.7. The monoisotopic (exact) mass is 630 g/mol. The zero-order valence-corrected chi connectivity index (χ0v) is 28.6. The summed E-state index contributed by atoms with van der Waals surface area (Å²) in [5, 5.41) is -0.321. The molecule has 1 aromatic rings. The molecule has 0 fully saturated rings. The van der Waals surface area contributed by atoms with Crippen LogP contribution in [0.3, 0.4) is 0 Å². The Morgan fingerprint density at radius 2 is 1.10 bits per heavy atom. The molecule has 1 heterocycles. The summed E-state index contributed by atoms with van der Waals surface area (Å²) in [4.78, 5) is 29.6. The molecule has 1 aromatic heterocycles. The largest absolute Gasteiger partial charge is 0.466 e. The molecule has 0 aliphatic carbocycles. The fourth-order valence-electron chi connectivity index (χ4n) is 4.74. The first-order chi connectivity index (χ1) is 20.1. The minimum absolute atomic E-state index is 0.0265. The summed E-state index contributed by atoms with van der Waals surface area (Å²) in [6, 6.07) is 0. The van der Waals surface area contributed by atoms with Gasteiger partial charge in [0.05, 0.1) is 19.6 Å². The van der Waals surface area contributed by atoms with Gasteiger partial charge in [-0.3, -0.25) is 9.59 Å². The molecule has 0 saturated heterocycles.